The van der Waals surface area contributed by atoms with Crippen LogP contribution in [-0.4, -0.2) is 41.1 Å². The fraction of sp³-hybridized carbons (Fsp3) is 0.600. The molecule has 0 bridgehead atoms. The van der Waals surface area contributed by atoms with Gasteiger partial charge < -0.3 is 10.2 Å². The number of hydrogen-bond acceptors (Lipinski definition) is 2. The monoisotopic (exact) mass is 441 g/mol. The van der Waals surface area contributed by atoms with Crippen molar-refractivity contribution in [2.24, 2.45) is 4.99 Å². The summed E-state index contributed by atoms with van der Waals surface area (Å²) in [5.41, 5.74) is 0. The molecule has 0 saturated carbocycles. The third kappa shape index (κ3) is 7.76. The van der Waals surface area contributed by atoms with E-state index < -0.39 is 6.55 Å². The van der Waals surface area contributed by atoms with Crippen LogP contribution < -0.4 is 5.32 Å². The fourth-order valence-electron chi connectivity index (χ4n) is 2.12. The van der Waals surface area contributed by atoms with Crippen LogP contribution in [0.5, 0.6) is 0 Å². The molecule has 1 heterocycles. The van der Waals surface area contributed by atoms with E-state index in [1.54, 1.807) is 7.05 Å². The number of rotatable bonds is 9. The third-order valence-corrected chi connectivity index (χ3v) is 3.34. The molecule has 8 heteroatoms. The van der Waals surface area contributed by atoms with Gasteiger partial charge in [0.25, 0.3) is 0 Å². The van der Waals surface area contributed by atoms with Crippen molar-refractivity contribution in [3.8, 4) is 0 Å². The van der Waals surface area contributed by atoms with E-state index in [0.717, 1.165) is 36.8 Å². The van der Waals surface area contributed by atoms with Gasteiger partial charge in [0.1, 0.15) is 5.82 Å². The number of halogens is 3. The van der Waals surface area contributed by atoms with E-state index in [4.69, 9.17) is 0 Å². The second kappa shape index (κ2) is 12.3. The number of alkyl halides is 2. The van der Waals surface area contributed by atoms with Crippen molar-refractivity contribution >= 4 is 29.9 Å². The Bertz CT molecular complexity index is 476. The molecular formula is C15H26F2IN5. The normalized spacial score (nSPS) is 11.3. The van der Waals surface area contributed by atoms with Crippen molar-refractivity contribution in [1.29, 1.82) is 0 Å². The first-order chi connectivity index (χ1) is 10.6. The maximum atomic E-state index is 12.7. The van der Waals surface area contributed by atoms with Gasteiger partial charge in [0.2, 0.25) is 0 Å². The predicted octanol–water partition coefficient (Wildman–Crippen LogP) is 3.65. The van der Waals surface area contributed by atoms with Gasteiger partial charge in [-0.1, -0.05) is 12.5 Å². The highest BCUT2D eigenvalue weighted by Gasteiger charge is 2.12. The third-order valence-electron chi connectivity index (χ3n) is 3.34. The molecule has 0 aliphatic rings. The van der Waals surface area contributed by atoms with Crippen molar-refractivity contribution < 1.29 is 8.78 Å². The molecule has 1 aromatic heterocycles. The highest BCUT2D eigenvalue weighted by Crippen LogP contribution is 2.12. The van der Waals surface area contributed by atoms with Crippen LogP contribution in [0.15, 0.2) is 30.0 Å². The number of unbranched alkanes of at least 4 members (excludes halogenated alkanes) is 3. The van der Waals surface area contributed by atoms with Crippen LogP contribution in [0.3, 0.4) is 0 Å². The van der Waals surface area contributed by atoms with Crippen LogP contribution in [0.2, 0.25) is 0 Å². The lowest BCUT2D eigenvalue weighted by Gasteiger charge is -2.22. The first kappa shape index (κ1) is 21.8. The number of imidazole rings is 1. The van der Waals surface area contributed by atoms with Crippen molar-refractivity contribution in [3.05, 3.63) is 30.9 Å². The molecule has 0 spiro atoms. The van der Waals surface area contributed by atoms with Crippen LogP contribution in [0.25, 0.3) is 0 Å². The maximum absolute atomic E-state index is 12.7. The molecule has 0 fully saturated rings. The molecular weight excluding hydrogens is 415 g/mol. The number of aliphatic imine (C=N–C) groups is 1. The van der Waals surface area contributed by atoms with Crippen LogP contribution in [0.1, 0.15) is 38.1 Å². The number of nitrogens with one attached hydrogen (secondary N) is 1. The van der Waals surface area contributed by atoms with Crippen LogP contribution in [0.4, 0.5) is 8.78 Å². The molecule has 0 aliphatic heterocycles. The summed E-state index contributed by atoms with van der Waals surface area (Å²) < 4.78 is 26.3. The van der Waals surface area contributed by atoms with Crippen molar-refractivity contribution in [3.63, 3.8) is 0 Å². The lowest BCUT2D eigenvalue weighted by molar-refractivity contribution is 0.0668. The number of aromatic nitrogens is 2. The molecule has 23 heavy (non-hydrogen) atoms. The van der Waals surface area contributed by atoms with Gasteiger partial charge >= 0.3 is 6.55 Å². The molecule has 0 amide bonds. The fourth-order valence-corrected chi connectivity index (χ4v) is 2.12. The molecule has 1 N–H and O–H groups in total. The van der Waals surface area contributed by atoms with E-state index in [1.807, 2.05) is 18.0 Å². The Morgan fingerprint density at radius 1 is 1.48 bits per heavy atom. The van der Waals surface area contributed by atoms with E-state index in [0.29, 0.717) is 5.96 Å². The average Bonchev–Trinajstić information content (AvgIpc) is 2.96. The van der Waals surface area contributed by atoms with Gasteiger partial charge in [-0.2, -0.15) is 8.78 Å². The van der Waals surface area contributed by atoms with E-state index in [2.05, 4.69) is 21.9 Å². The van der Waals surface area contributed by atoms with Crippen LogP contribution in [0, 0.1) is 0 Å². The van der Waals surface area contributed by atoms with Gasteiger partial charge in [0.15, 0.2) is 5.96 Å². The van der Waals surface area contributed by atoms with Gasteiger partial charge in [-0.3, -0.25) is 9.56 Å². The molecule has 0 saturated heterocycles. The van der Waals surface area contributed by atoms with Crippen LogP contribution >= 0.6 is 24.0 Å². The summed E-state index contributed by atoms with van der Waals surface area (Å²) in [4.78, 5) is 10.1. The number of guanidine groups is 1. The van der Waals surface area contributed by atoms with E-state index in [1.165, 1.54) is 12.4 Å². The minimum Gasteiger partial charge on any atom is -0.349 e. The Morgan fingerprint density at radius 2 is 2.22 bits per heavy atom. The van der Waals surface area contributed by atoms with E-state index in [9.17, 15) is 8.78 Å². The summed E-state index contributed by atoms with van der Waals surface area (Å²) in [6.07, 6.45) is 8.92. The van der Waals surface area contributed by atoms with Gasteiger partial charge in [-0.05, 0) is 19.3 Å². The molecule has 0 unspecified atom stereocenters. The standard InChI is InChI=1S/C15H25F2N5.HI/c1-4-5-6-7-8-10-21(3)15(18-2)20-12-13-19-9-11-22(13)14(16)17;/h4,9,11,14H,1,5-8,10,12H2,2-3H3,(H,18,20);1H. The lowest BCUT2D eigenvalue weighted by atomic mass is 10.2. The average molecular weight is 441 g/mol. The van der Waals surface area contributed by atoms with Crippen molar-refractivity contribution in [2.75, 3.05) is 20.6 Å². The molecule has 0 radical (unpaired) electrons. The predicted molar refractivity (Wildman–Crippen MR) is 100 cm³/mol. The molecule has 1 rings (SSSR count). The Morgan fingerprint density at radius 3 is 2.83 bits per heavy atom. The second-order valence-corrected chi connectivity index (χ2v) is 4.99. The Hall–Kier alpha value is -1.19. The summed E-state index contributed by atoms with van der Waals surface area (Å²) in [7, 11) is 3.61. The highest BCUT2D eigenvalue weighted by molar-refractivity contribution is 14.0. The van der Waals surface area contributed by atoms with E-state index >= 15 is 0 Å². The minimum absolute atomic E-state index is 0. The summed E-state index contributed by atoms with van der Waals surface area (Å²) in [6.45, 7) is 2.20. The number of nitrogens with zero attached hydrogens (tertiary/aromatic N) is 4. The first-order valence-corrected chi connectivity index (χ1v) is 7.42. The summed E-state index contributed by atoms with van der Waals surface area (Å²) in [5, 5.41) is 3.06. The molecule has 0 aromatic carbocycles. The number of hydrogen-bond donors (Lipinski definition) is 1. The SMILES string of the molecule is C=CCCCCCN(C)C(=NC)NCc1nccn1C(F)F.I. The van der Waals surface area contributed by atoms with Crippen LogP contribution in [-0.2, 0) is 6.54 Å². The molecule has 5 nitrogen and oxygen atoms in total. The summed E-state index contributed by atoms with van der Waals surface area (Å²) >= 11 is 0. The summed E-state index contributed by atoms with van der Waals surface area (Å²) in [5.74, 6) is 0.961. The van der Waals surface area contributed by atoms with Gasteiger partial charge in [0, 0.05) is 33.0 Å². The first-order valence-electron chi connectivity index (χ1n) is 7.42. The second-order valence-electron chi connectivity index (χ2n) is 4.99. The molecule has 0 atom stereocenters. The smallest absolute Gasteiger partial charge is 0.319 e. The highest BCUT2D eigenvalue weighted by atomic mass is 127. The van der Waals surface area contributed by atoms with Gasteiger partial charge in [-0.15, -0.1) is 30.6 Å². The summed E-state index contributed by atoms with van der Waals surface area (Å²) in [6, 6.07) is 0. The zero-order chi connectivity index (χ0) is 16.4. The molecule has 0 aliphatic carbocycles. The van der Waals surface area contributed by atoms with Gasteiger partial charge in [0.05, 0.1) is 6.54 Å². The Kier molecular flexibility index (Phi) is 11.6. The Labute approximate surface area is 153 Å². The lowest BCUT2D eigenvalue weighted by Crippen LogP contribution is -2.39. The zero-order valence-electron chi connectivity index (χ0n) is 13.7. The number of allylic oxidation sites excluding steroid dienone is 1. The van der Waals surface area contributed by atoms with E-state index in [-0.39, 0.29) is 36.3 Å². The Balaban J connectivity index is 0.00000484. The van der Waals surface area contributed by atoms with Crippen molar-refractivity contribution in [2.45, 2.75) is 38.8 Å². The maximum Gasteiger partial charge on any atom is 0.319 e. The quantitative estimate of drug-likeness (QED) is 0.209. The van der Waals surface area contributed by atoms with Gasteiger partial charge in [-0.25, -0.2) is 4.98 Å². The topological polar surface area (TPSA) is 45.4 Å². The van der Waals surface area contributed by atoms with Crippen molar-refractivity contribution in [1.82, 2.24) is 19.8 Å². The minimum atomic E-state index is -2.58. The largest absolute Gasteiger partial charge is 0.349 e. The molecule has 132 valence electrons. The molecule has 1 aromatic rings. The zero-order valence-corrected chi connectivity index (χ0v) is 16.0.